The molecular formula is C15H21NO3. The highest BCUT2D eigenvalue weighted by Gasteiger charge is 2.23. The van der Waals surface area contributed by atoms with E-state index in [0.29, 0.717) is 6.42 Å². The van der Waals surface area contributed by atoms with Crippen molar-refractivity contribution in [2.75, 3.05) is 13.7 Å². The molecular weight excluding hydrogens is 242 g/mol. The van der Waals surface area contributed by atoms with Crippen molar-refractivity contribution < 1.29 is 14.3 Å². The van der Waals surface area contributed by atoms with E-state index in [2.05, 4.69) is 5.32 Å². The Kier molecular flexibility index (Phi) is 4.80. The van der Waals surface area contributed by atoms with E-state index in [1.54, 1.807) is 7.11 Å². The SMILES string of the molecule is COc1ccccc1CC(=O)N[C@@H](C)[C@@H]1CCCO1. The Balaban J connectivity index is 1.89. The molecule has 1 saturated heterocycles. The molecule has 0 radical (unpaired) electrons. The number of hydrogen-bond donors (Lipinski definition) is 1. The van der Waals surface area contributed by atoms with Gasteiger partial charge in [-0.15, -0.1) is 0 Å². The third kappa shape index (κ3) is 3.70. The molecule has 1 aliphatic rings. The van der Waals surface area contributed by atoms with Crippen LogP contribution in [0, 0.1) is 0 Å². The predicted molar refractivity (Wildman–Crippen MR) is 73.3 cm³/mol. The van der Waals surface area contributed by atoms with Crippen LogP contribution in [0.4, 0.5) is 0 Å². The molecule has 1 heterocycles. The first-order valence-corrected chi connectivity index (χ1v) is 6.73. The van der Waals surface area contributed by atoms with E-state index in [9.17, 15) is 4.79 Å². The van der Waals surface area contributed by atoms with E-state index in [1.165, 1.54) is 0 Å². The van der Waals surface area contributed by atoms with E-state index in [1.807, 2.05) is 31.2 Å². The van der Waals surface area contributed by atoms with Gasteiger partial charge in [0.05, 0.1) is 25.7 Å². The normalized spacial score (nSPS) is 20.0. The third-order valence-corrected chi connectivity index (χ3v) is 3.45. The van der Waals surface area contributed by atoms with Gasteiger partial charge in [-0.2, -0.15) is 0 Å². The molecule has 1 aromatic rings. The average molecular weight is 263 g/mol. The number of carbonyl (C=O) groups is 1. The molecule has 0 spiro atoms. The smallest absolute Gasteiger partial charge is 0.224 e. The van der Waals surface area contributed by atoms with Gasteiger partial charge in [0.25, 0.3) is 0 Å². The molecule has 2 rings (SSSR count). The maximum Gasteiger partial charge on any atom is 0.224 e. The summed E-state index contributed by atoms with van der Waals surface area (Å²) in [4.78, 5) is 12.0. The van der Waals surface area contributed by atoms with Crippen molar-refractivity contribution in [1.82, 2.24) is 5.32 Å². The maximum absolute atomic E-state index is 12.0. The van der Waals surface area contributed by atoms with E-state index in [0.717, 1.165) is 30.8 Å². The van der Waals surface area contributed by atoms with E-state index >= 15 is 0 Å². The second-order valence-corrected chi connectivity index (χ2v) is 4.90. The lowest BCUT2D eigenvalue weighted by atomic mass is 10.1. The van der Waals surface area contributed by atoms with Crippen molar-refractivity contribution in [2.45, 2.75) is 38.3 Å². The number of nitrogens with one attached hydrogen (secondary N) is 1. The maximum atomic E-state index is 12.0. The van der Waals surface area contributed by atoms with Gasteiger partial charge in [0.15, 0.2) is 0 Å². The fourth-order valence-corrected chi connectivity index (χ4v) is 2.42. The van der Waals surface area contributed by atoms with E-state index in [-0.39, 0.29) is 18.1 Å². The summed E-state index contributed by atoms with van der Waals surface area (Å²) >= 11 is 0. The first kappa shape index (κ1) is 13.9. The van der Waals surface area contributed by atoms with Crippen LogP contribution >= 0.6 is 0 Å². The number of carbonyl (C=O) groups excluding carboxylic acids is 1. The van der Waals surface area contributed by atoms with Gasteiger partial charge in [-0.1, -0.05) is 18.2 Å². The lowest BCUT2D eigenvalue weighted by molar-refractivity contribution is -0.121. The van der Waals surface area contributed by atoms with Crippen LogP contribution < -0.4 is 10.1 Å². The van der Waals surface area contributed by atoms with Gasteiger partial charge < -0.3 is 14.8 Å². The Morgan fingerprint density at radius 3 is 3.00 bits per heavy atom. The van der Waals surface area contributed by atoms with Crippen LogP contribution in [0.5, 0.6) is 5.75 Å². The number of hydrogen-bond acceptors (Lipinski definition) is 3. The second-order valence-electron chi connectivity index (χ2n) is 4.90. The summed E-state index contributed by atoms with van der Waals surface area (Å²) in [6, 6.07) is 7.65. The minimum absolute atomic E-state index is 0.00694. The summed E-state index contributed by atoms with van der Waals surface area (Å²) in [6.07, 6.45) is 2.59. The summed E-state index contributed by atoms with van der Waals surface area (Å²) in [7, 11) is 1.62. The lowest BCUT2D eigenvalue weighted by Crippen LogP contribution is -2.41. The fraction of sp³-hybridized carbons (Fsp3) is 0.533. The zero-order chi connectivity index (χ0) is 13.7. The Hall–Kier alpha value is -1.55. The monoisotopic (exact) mass is 263 g/mol. The van der Waals surface area contributed by atoms with Crippen LogP contribution in [0.15, 0.2) is 24.3 Å². The van der Waals surface area contributed by atoms with Crippen LogP contribution in [0.1, 0.15) is 25.3 Å². The predicted octanol–water partition coefficient (Wildman–Crippen LogP) is 1.92. The topological polar surface area (TPSA) is 47.6 Å². The molecule has 4 heteroatoms. The van der Waals surface area contributed by atoms with E-state index in [4.69, 9.17) is 9.47 Å². The Morgan fingerprint density at radius 1 is 1.53 bits per heavy atom. The highest BCUT2D eigenvalue weighted by atomic mass is 16.5. The largest absolute Gasteiger partial charge is 0.496 e. The number of rotatable bonds is 5. The van der Waals surface area contributed by atoms with Gasteiger partial charge in [0.2, 0.25) is 5.91 Å². The molecule has 1 amide bonds. The zero-order valence-corrected chi connectivity index (χ0v) is 11.5. The number of ether oxygens (including phenoxy) is 2. The molecule has 0 unspecified atom stereocenters. The molecule has 1 aliphatic heterocycles. The summed E-state index contributed by atoms with van der Waals surface area (Å²) < 4.78 is 10.8. The first-order valence-electron chi connectivity index (χ1n) is 6.73. The number of methoxy groups -OCH3 is 1. The van der Waals surface area contributed by atoms with Crippen LogP contribution in [0.25, 0.3) is 0 Å². The zero-order valence-electron chi connectivity index (χ0n) is 11.5. The van der Waals surface area contributed by atoms with Crippen molar-refractivity contribution in [3.8, 4) is 5.75 Å². The van der Waals surface area contributed by atoms with Crippen molar-refractivity contribution >= 4 is 5.91 Å². The molecule has 104 valence electrons. The molecule has 2 atom stereocenters. The molecule has 0 aliphatic carbocycles. The van der Waals surface area contributed by atoms with Crippen LogP contribution in [-0.4, -0.2) is 31.8 Å². The van der Waals surface area contributed by atoms with E-state index < -0.39 is 0 Å². The molecule has 0 bridgehead atoms. The molecule has 19 heavy (non-hydrogen) atoms. The molecule has 0 aromatic heterocycles. The number of amides is 1. The summed E-state index contributed by atoms with van der Waals surface area (Å²) in [6.45, 7) is 2.80. The van der Waals surface area contributed by atoms with Gasteiger partial charge in [-0.3, -0.25) is 4.79 Å². The Morgan fingerprint density at radius 2 is 2.32 bits per heavy atom. The van der Waals surface area contributed by atoms with Crippen molar-refractivity contribution in [1.29, 1.82) is 0 Å². The average Bonchev–Trinajstić information content (AvgIpc) is 2.93. The summed E-state index contributed by atoms with van der Waals surface area (Å²) in [5.74, 6) is 0.759. The standard InChI is InChI=1S/C15H21NO3/c1-11(13-8-5-9-19-13)16-15(17)10-12-6-3-4-7-14(12)18-2/h3-4,6-7,11,13H,5,8-10H2,1-2H3,(H,16,17)/t11-,13-/m0/s1. The van der Waals surface area contributed by atoms with Crippen molar-refractivity contribution in [2.24, 2.45) is 0 Å². The molecule has 0 saturated carbocycles. The Bertz CT molecular complexity index is 427. The summed E-state index contributed by atoms with van der Waals surface area (Å²) in [5.41, 5.74) is 0.905. The van der Waals surface area contributed by atoms with Crippen LogP contribution in [-0.2, 0) is 16.0 Å². The highest BCUT2D eigenvalue weighted by Crippen LogP contribution is 2.18. The quantitative estimate of drug-likeness (QED) is 0.883. The number of para-hydroxylation sites is 1. The fourth-order valence-electron chi connectivity index (χ4n) is 2.42. The van der Waals surface area contributed by atoms with Crippen LogP contribution in [0.2, 0.25) is 0 Å². The van der Waals surface area contributed by atoms with Gasteiger partial charge in [-0.25, -0.2) is 0 Å². The first-order chi connectivity index (χ1) is 9.20. The van der Waals surface area contributed by atoms with Crippen molar-refractivity contribution in [3.05, 3.63) is 29.8 Å². The van der Waals surface area contributed by atoms with Gasteiger partial charge in [0, 0.05) is 12.2 Å². The Labute approximate surface area is 114 Å². The minimum atomic E-state index is 0.00694. The van der Waals surface area contributed by atoms with Gasteiger partial charge in [-0.05, 0) is 25.8 Å². The van der Waals surface area contributed by atoms with Gasteiger partial charge >= 0.3 is 0 Å². The van der Waals surface area contributed by atoms with Crippen molar-refractivity contribution in [3.63, 3.8) is 0 Å². The lowest BCUT2D eigenvalue weighted by Gasteiger charge is -2.20. The third-order valence-electron chi connectivity index (χ3n) is 3.45. The minimum Gasteiger partial charge on any atom is -0.496 e. The molecule has 1 N–H and O–H groups in total. The molecule has 1 aromatic carbocycles. The van der Waals surface area contributed by atoms with Gasteiger partial charge in [0.1, 0.15) is 5.75 Å². The second kappa shape index (κ2) is 6.57. The summed E-state index contributed by atoms with van der Waals surface area (Å²) in [5, 5.41) is 3.00. The highest BCUT2D eigenvalue weighted by molar-refractivity contribution is 5.79. The molecule has 1 fully saturated rings. The molecule has 4 nitrogen and oxygen atoms in total. The number of benzene rings is 1. The van der Waals surface area contributed by atoms with Crippen LogP contribution in [0.3, 0.4) is 0 Å².